The van der Waals surface area contributed by atoms with E-state index in [9.17, 15) is 10.3 Å². The maximum Gasteiger partial charge on any atom is 0.126 e. The number of nitrogens with zero attached hydrogens (tertiary/aromatic N) is 2. The Balaban J connectivity index is 2.41. The van der Waals surface area contributed by atoms with Crippen LogP contribution >= 0.6 is 0 Å². The lowest BCUT2D eigenvalue weighted by molar-refractivity contribution is 0.265. The molecule has 0 spiro atoms. The zero-order valence-corrected chi connectivity index (χ0v) is 8.46. The maximum atomic E-state index is 9.70. The van der Waals surface area contributed by atoms with Gasteiger partial charge in [0.2, 0.25) is 0 Å². The van der Waals surface area contributed by atoms with Crippen molar-refractivity contribution in [1.82, 2.24) is 4.98 Å². The molecule has 4 heteroatoms. The second-order valence-electron chi connectivity index (χ2n) is 3.71. The first-order valence-corrected chi connectivity index (χ1v) is 5.01. The van der Waals surface area contributed by atoms with Gasteiger partial charge in [0.05, 0.1) is 17.7 Å². The predicted molar refractivity (Wildman–Crippen MR) is 61.6 cm³/mol. The summed E-state index contributed by atoms with van der Waals surface area (Å²) in [7, 11) is 0. The van der Waals surface area contributed by atoms with Gasteiger partial charge in [0, 0.05) is 17.1 Å². The Labute approximate surface area is 92.0 Å². The Morgan fingerprint density at radius 3 is 3.00 bits per heavy atom. The molecule has 2 heterocycles. The Hall–Kier alpha value is -2.07. The topological polar surface area (TPSA) is 56.6 Å². The van der Waals surface area contributed by atoms with Crippen LogP contribution in [0.15, 0.2) is 30.5 Å². The van der Waals surface area contributed by atoms with Crippen molar-refractivity contribution in [1.29, 1.82) is 0 Å². The first kappa shape index (κ1) is 9.18. The first-order chi connectivity index (χ1) is 7.77. The molecular formula is C12H10N2O2. The van der Waals surface area contributed by atoms with Crippen molar-refractivity contribution >= 4 is 22.7 Å². The summed E-state index contributed by atoms with van der Waals surface area (Å²) in [6.45, 7) is 0.470. The molecule has 0 amide bonds. The van der Waals surface area contributed by atoms with Crippen molar-refractivity contribution in [3.8, 4) is 5.75 Å². The van der Waals surface area contributed by atoms with Crippen LogP contribution in [0.25, 0.3) is 17.0 Å². The monoisotopic (exact) mass is 214 g/mol. The lowest BCUT2D eigenvalue weighted by Crippen LogP contribution is -2.21. The summed E-state index contributed by atoms with van der Waals surface area (Å²) in [6, 6.07) is 5.10. The number of aromatic nitrogens is 1. The highest BCUT2D eigenvalue weighted by atomic mass is 16.5. The summed E-state index contributed by atoms with van der Waals surface area (Å²) in [5.74, 6) is 0.205. The molecule has 0 fully saturated rings. The predicted octanol–water partition coefficient (Wildman–Crippen LogP) is 2.16. The molecule has 0 radical (unpaired) electrons. The van der Waals surface area contributed by atoms with E-state index in [1.165, 1.54) is 5.06 Å². The highest BCUT2D eigenvalue weighted by molar-refractivity contribution is 5.96. The third-order valence-electron chi connectivity index (χ3n) is 2.75. The fourth-order valence-corrected chi connectivity index (χ4v) is 1.97. The summed E-state index contributed by atoms with van der Waals surface area (Å²) in [6.07, 6.45) is 5.33. The Kier molecular flexibility index (Phi) is 1.84. The summed E-state index contributed by atoms with van der Waals surface area (Å²) in [5.41, 5.74) is 2.25. The zero-order valence-electron chi connectivity index (χ0n) is 8.46. The van der Waals surface area contributed by atoms with Gasteiger partial charge in [-0.3, -0.25) is 15.3 Å². The van der Waals surface area contributed by atoms with E-state index in [1.807, 2.05) is 12.2 Å². The van der Waals surface area contributed by atoms with Crippen LogP contribution in [-0.2, 0) is 0 Å². The molecule has 0 atom stereocenters. The number of aromatic hydroxyl groups is 1. The molecule has 0 unspecified atom stereocenters. The van der Waals surface area contributed by atoms with E-state index in [0.717, 1.165) is 5.56 Å². The fourth-order valence-electron chi connectivity index (χ4n) is 1.97. The van der Waals surface area contributed by atoms with Gasteiger partial charge >= 0.3 is 0 Å². The molecule has 1 aromatic carbocycles. The summed E-state index contributed by atoms with van der Waals surface area (Å²) in [4.78, 5) is 4.24. The van der Waals surface area contributed by atoms with E-state index in [-0.39, 0.29) is 5.75 Å². The minimum absolute atomic E-state index is 0.205. The quantitative estimate of drug-likeness (QED) is 0.705. The lowest BCUT2D eigenvalue weighted by Gasteiger charge is -2.22. The van der Waals surface area contributed by atoms with Crippen molar-refractivity contribution < 1.29 is 10.3 Å². The molecule has 2 N–H and O–H groups in total. The van der Waals surface area contributed by atoms with Crippen LogP contribution < -0.4 is 5.06 Å². The molecule has 80 valence electrons. The van der Waals surface area contributed by atoms with E-state index >= 15 is 0 Å². The van der Waals surface area contributed by atoms with Crippen LogP contribution in [0.3, 0.4) is 0 Å². The van der Waals surface area contributed by atoms with Crippen molar-refractivity contribution in [2.24, 2.45) is 0 Å². The van der Waals surface area contributed by atoms with E-state index in [0.29, 0.717) is 23.1 Å². The second kappa shape index (κ2) is 3.21. The number of hydrogen-bond donors (Lipinski definition) is 2. The average Bonchev–Trinajstić information content (AvgIpc) is 2.30. The third kappa shape index (κ3) is 1.17. The van der Waals surface area contributed by atoms with Crippen molar-refractivity contribution in [3.63, 3.8) is 0 Å². The van der Waals surface area contributed by atoms with Crippen LogP contribution in [0.2, 0.25) is 0 Å². The number of benzene rings is 1. The molecule has 4 nitrogen and oxygen atoms in total. The van der Waals surface area contributed by atoms with Gasteiger partial charge in [-0.15, -0.1) is 0 Å². The van der Waals surface area contributed by atoms with E-state index in [2.05, 4.69) is 4.98 Å². The van der Waals surface area contributed by atoms with Gasteiger partial charge < -0.3 is 5.11 Å². The molecule has 16 heavy (non-hydrogen) atoms. The highest BCUT2D eigenvalue weighted by Gasteiger charge is 2.15. The zero-order chi connectivity index (χ0) is 11.1. The molecule has 1 aliphatic rings. The van der Waals surface area contributed by atoms with Crippen LogP contribution in [0.1, 0.15) is 5.56 Å². The van der Waals surface area contributed by atoms with Gasteiger partial charge in [-0.1, -0.05) is 12.2 Å². The lowest BCUT2D eigenvalue weighted by atomic mass is 10.0. The van der Waals surface area contributed by atoms with Gasteiger partial charge in [0.1, 0.15) is 5.75 Å². The largest absolute Gasteiger partial charge is 0.507 e. The minimum Gasteiger partial charge on any atom is -0.507 e. The van der Waals surface area contributed by atoms with E-state index in [1.54, 1.807) is 24.4 Å². The van der Waals surface area contributed by atoms with Crippen LogP contribution in [-0.4, -0.2) is 21.8 Å². The van der Waals surface area contributed by atoms with Crippen LogP contribution in [0.4, 0.5) is 5.69 Å². The molecule has 0 aliphatic carbocycles. The summed E-state index contributed by atoms with van der Waals surface area (Å²) >= 11 is 0. The molecule has 0 bridgehead atoms. The third-order valence-corrected chi connectivity index (χ3v) is 2.75. The standard InChI is InChI=1S/C12H10N2O2/c15-11-5-6-13-12-8-2-1-7-14(16)10(8)4-3-9(11)12/h1-6,16H,7H2,(H,13,15). The minimum atomic E-state index is 0.205. The van der Waals surface area contributed by atoms with Crippen LogP contribution in [0, 0.1) is 0 Å². The van der Waals surface area contributed by atoms with Gasteiger partial charge in [-0.25, -0.2) is 0 Å². The number of pyridine rings is 1. The number of hydrogen-bond acceptors (Lipinski definition) is 4. The number of fused-ring (bicyclic) bond motifs is 3. The molecule has 0 saturated heterocycles. The van der Waals surface area contributed by atoms with Gasteiger partial charge in [-0.05, 0) is 18.2 Å². The molecule has 1 aliphatic heterocycles. The number of hydroxylamine groups is 1. The SMILES string of the molecule is Oc1ccnc2c3c(ccc12)N(O)CC=C3. The second-order valence-corrected chi connectivity index (χ2v) is 3.71. The Morgan fingerprint density at radius 2 is 2.12 bits per heavy atom. The smallest absolute Gasteiger partial charge is 0.126 e. The fraction of sp³-hybridized carbons (Fsp3) is 0.0833. The van der Waals surface area contributed by atoms with E-state index in [4.69, 9.17) is 0 Å². The van der Waals surface area contributed by atoms with Gasteiger partial charge in [-0.2, -0.15) is 0 Å². The number of anilines is 1. The van der Waals surface area contributed by atoms with E-state index < -0.39 is 0 Å². The molecule has 3 rings (SSSR count). The molecule has 2 aromatic rings. The Morgan fingerprint density at radius 1 is 1.25 bits per heavy atom. The normalized spacial score (nSPS) is 14.2. The molecule has 1 aromatic heterocycles. The Bertz CT molecular complexity index is 593. The van der Waals surface area contributed by atoms with Crippen molar-refractivity contribution in [3.05, 3.63) is 36.0 Å². The highest BCUT2D eigenvalue weighted by Crippen LogP contribution is 2.33. The van der Waals surface area contributed by atoms with Crippen molar-refractivity contribution in [2.75, 3.05) is 11.6 Å². The summed E-state index contributed by atoms with van der Waals surface area (Å²) < 4.78 is 0. The summed E-state index contributed by atoms with van der Waals surface area (Å²) in [5, 5.41) is 21.2. The maximum absolute atomic E-state index is 9.70. The molecule has 0 saturated carbocycles. The van der Waals surface area contributed by atoms with Crippen molar-refractivity contribution in [2.45, 2.75) is 0 Å². The first-order valence-electron chi connectivity index (χ1n) is 5.01. The van der Waals surface area contributed by atoms with Gasteiger partial charge in [0.15, 0.2) is 0 Å². The average molecular weight is 214 g/mol. The molecular weight excluding hydrogens is 204 g/mol. The van der Waals surface area contributed by atoms with Gasteiger partial charge in [0.25, 0.3) is 0 Å². The number of rotatable bonds is 0. The van der Waals surface area contributed by atoms with Crippen LogP contribution in [0.5, 0.6) is 5.75 Å².